The van der Waals surface area contributed by atoms with Gasteiger partial charge in [0.05, 0.1) is 0 Å². The molecule has 0 amide bonds. The third-order valence-electron chi connectivity index (χ3n) is 2.41. The second kappa shape index (κ2) is 9.80. The SMILES string of the molecule is C=CCC[BH2-]CCCCCC. The van der Waals surface area contributed by atoms with Gasteiger partial charge in [-0.25, -0.2) is 0 Å². The van der Waals surface area contributed by atoms with E-state index in [9.17, 15) is 0 Å². The summed E-state index contributed by atoms with van der Waals surface area (Å²) in [7, 11) is 0.411. The molecule has 11 heavy (non-hydrogen) atoms. The summed E-state index contributed by atoms with van der Waals surface area (Å²) in [4.78, 5) is 0. The highest BCUT2D eigenvalue weighted by Gasteiger charge is 1.84. The summed E-state index contributed by atoms with van der Waals surface area (Å²) in [6.07, 6.45) is 12.1. The zero-order valence-corrected chi connectivity index (χ0v) is 8.23. The summed E-state index contributed by atoms with van der Waals surface area (Å²) >= 11 is 0. The molecule has 0 saturated heterocycles. The Kier molecular flexibility index (Phi) is 9.63. The maximum absolute atomic E-state index is 3.73. The Morgan fingerprint density at radius 1 is 1.18 bits per heavy atom. The molecule has 0 aliphatic heterocycles. The quantitative estimate of drug-likeness (QED) is 0.285. The van der Waals surface area contributed by atoms with E-state index < -0.39 is 0 Å². The van der Waals surface area contributed by atoms with Crippen LogP contribution in [0.25, 0.3) is 0 Å². The van der Waals surface area contributed by atoms with Gasteiger partial charge >= 0.3 is 0 Å². The molecule has 0 aromatic heterocycles. The Morgan fingerprint density at radius 3 is 2.64 bits per heavy atom. The van der Waals surface area contributed by atoms with Crippen LogP contribution in [0.3, 0.4) is 0 Å². The standard InChI is InChI=1S/C10H22B/c1-3-5-7-8-10-11-9-6-4-2/h4H,2-3,5-11H2,1H3/q-1. The van der Waals surface area contributed by atoms with Gasteiger partial charge in [-0.2, -0.15) is 12.6 Å². The van der Waals surface area contributed by atoms with E-state index in [0.29, 0.717) is 7.28 Å². The fraction of sp³-hybridized carbons (Fsp3) is 0.800. The molecule has 0 rings (SSSR count). The first-order chi connectivity index (χ1) is 5.41. The number of unbranched alkanes of at least 4 members (excludes halogenated alkanes) is 3. The Labute approximate surface area is 72.3 Å². The van der Waals surface area contributed by atoms with Crippen molar-refractivity contribution >= 4 is 7.28 Å². The zero-order chi connectivity index (χ0) is 8.36. The topological polar surface area (TPSA) is 0 Å². The molecule has 66 valence electrons. The van der Waals surface area contributed by atoms with Crippen LogP contribution in [0.1, 0.15) is 39.0 Å². The van der Waals surface area contributed by atoms with Crippen molar-refractivity contribution in [2.75, 3.05) is 0 Å². The fourth-order valence-corrected chi connectivity index (χ4v) is 1.59. The highest BCUT2D eigenvalue weighted by atomic mass is 13.9. The van der Waals surface area contributed by atoms with E-state index in [1.165, 1.54) is 38.4 Å². The van der Waals surface area contributed by atoms with Gasteiger partial charge in [0.15, 0.2) is 0 Å². The smallest absolute Gasteiger partial charge is 0.0321 e. The van der Waals surface area contributed by atoms with Gasteiger partial charge in [-0.1, -0.05) is 45.1 Å². The van der Waals surface area contributed by atoms with Crippen molar-refractivity contribution in [1.29, 1.82) is 0 Å². The average Bonchev–Trinajstić information content (AvgIpc) is 2.03. The molecule has 0 radical (unpaired) electrons. The first-order valence-electron chi connectivity index (χ1n) is 5.44. The third-order valence-corrected chi connectivity index (χ3v) is 2.41. The molecular weight excluding hydrogens is 131 g/mol. The van der Waals surface area contributed by atoms with Crippen LogP contribution < -0.4 is 0 Å². The van der Waals surface area contributed by atoms with Gasteiger partial charge in [0.2, 0.25) is 0 Å². The predicted octanol–water partition coefficient (Wildman–Crippen LogP) is 3.15. The van der Waals surface area contributed by atoms with Crippen LogP contribution in [0.5, 0.6) is 0 Å². The Balaban J connectivity index is 2.74. The molecule has 0 atom stereocenters. The van der Waals surface area contributed by atoms with Gasteiger partial charge in [0, 0.05) is 0 Å². The van der Waals surface area contributed by atoms with Crippen molar-refractivity contribution in [3.63, 3.8) is 0 Å². The van der Waals surface area contributed by atoms with E-state index in [4.69, 9.17) is 0 Å². The normalized spacial score (nSPS) is 9.91. The molecule has 0 unspecified atom stereocenters. The van der Waals surface area contributed by atoms with Crippen LogP contribution in [0.2, 0.25) is 12.6 Å². The van der Waals surface area contributed by atoms with Crippen LogP contribution in [0, 0.1) is 0 Å². The summed E-state index contributed by atoms with van der Waals surface area (Å²) < 4.78 is 0. The molecule has 0 N–H and O–H groups in total. The lowest BCUT2D eigenvalue weighted by atomic mass is 9.68. The molecule has 0 bridgehead atoms. The molecule has 0 aromatic carbocycles. The average molecular weight is 153 g/mol. The van der Waals surface area contributed by atoms with Gasteiger partial charge in [0.1, 0.15) is 0 Å². The van der Waals surface area contributed by atoms with Crippen molar-refractivity contribution in [2.24, 2.45) is 0 Å². The van der Waals surface area contributed by atoms with Crippen molar-refractivity contribution in [3.05, 3.63) is 12.7 Å². The third kappa shape index (κ3) is 9.80. The Hall–Kier alpha value is -0.195. The lowest BCUT2D eigenvalue weighted by molar-refractivity contribution is 0.699. The highest BCUT2D eigenvalue weighted by Crippen LogP contribution is 2.04. The van der Waals surface area contributed by atoms with E-state index in [0.717, 1.165) is 0 Å². The molecule has 0 saturated carbocycles. The number of hydrogen-bond acceptors (Lipinski definition) is 0. The molecular formula is C10H22B-. The second-order valence-electron chi connectivity index (χ2n) is 3.64. The largest absolute Gasteiger partial charge is 0.184 e. The van der Waals surface area contributed by atoms with Crippen molar-refractivity contribution in [1.82, 2.24) is 0 Å². The first kappa shape index (κ1) is 10.8. The summed E-state index contributed by atoms with van der Waals surface area (Å²) in [5, 5.41) is 0. The van der Waals surface area contributed by atoms with Crippen LogP contribution in [-0.4, -0.2) is 7.28 Å². The highest BCUT2D eigenvalue weighted by molar-refractivity contribution is 6.35. The maximum Gasteiger partial charge on any atom is -0.0321 e. The fourth-order valence-electron chi connectivity index (χ4n) is 1.59. The van der Waals surface area contributed by atoms with Crippen LogP contribution >= 0.6 is 0 Å². The van der Waals surface area contributed by atoms with Gasteiger partial charge in [-0.15, -0.1) is 6.58 Å². The summed E-state index contributed by atoms with van der Waals surface area (Å²) in [5.74, 6) is 0. The monoisotopic (exact) mass is 153 g/mol. The van der Waals surface area contributed by atoms with E-state index in [2.05, 4.69) is 19.6 Å². The molecule has 0 nitrogen and oxygen atoms in total. The van der Waals surface area contributed by atoms with Crippen molar-refractivity contribution in [3.8, 4) is 0 Å². The molecule has 0 aliphatic carbocycles. The second-order valence-corrected chi connectivity index (χ2v) is 3.64. The van der Waals surface area contributed by atoms with Gasteiger partial charge in [-0.3, -0.25) is 0 Å². The van der Waals surface area contributed by atoms with Gasteiger partial charge in [0.25, 0.3) is 0 Å². The van der Waals surface area contributed by atoms with Gasteiger partial charge in [-0.05, 0) is 7.28 Å². The van der Waals surface area contributed by atoms with Crippen LogP contribution in [-0.2, 0) is 0 Å². The van der Waals surface area contributed by atoms with Crippen LogP contribution in [0.15, 0.2) is 12.7 Å². The summed E-state index contributed by atoms with van der Waals surface area (Å²) in [5.41, 5.74) is 0. The minimum absolute atomic E-state index is 0.411. The minimum atomic E-state index is 0.411. The van der Waals surface area contributed by atoms with E-state index in [1.54, 1.807) is 6.32 Å². The van der Waals surface area contributed by atoms with Crippen molar-refractivity contribution < 1.29 is 0 Å². The first-order valence-corrected chi connectivity index (χ1v) is 5.44. The lowest BCUT2D eigenvalue weighted by Gasteiger charge is -2.02. The Morgan fingerprint density at radius 2 is 2.00 bits per heavy atom. The number of rotatable bonds is 8. The van der Waals surface area contributed by atoms with Crippen LogP contribution in [0.4, 0.5) is 0 Å². The lowest BCUT2D eigenvalue weighted by Crippen LogP contribution is -1.87. The number of allylic oxidation sites excluding steroid dienone is 1. The molecule has 1 heteroatoms. The Bertz CT molecular complexity index is 78.9. The maximum atomic E-state index is 3.73. The molecule has 0 aliphatic rings. The molecule has 0 fully saturated rings. The van der Waals surface area contributed by atoms with E-state index in [1.807, 2.05) is 0 Å². The molecule has 0 aromatic rings. The summed E-state index contributed by atoms with van der Waals surface area (Å²) in [6, 6.07) is 0. The van der Waals surface area contributed by atoms with Crippen molar-refractivity contribution in [2.45, 2.75) is 51.7 Å². The zero-order valence-electron chi connectivity index (χ0n) is 8.23. The van der Waals surface area contributed by atoms with E-state index in [-0.39, 0.29) is 0 Å². The number of hydrogen-bond donors (Lipinski definition) is 0. The van der Waals surface area contributed by atoms with Gasteiger partial charge < -0.3 is 0 Å². The molecule has 0 spiro atoms. The summed E-state index contributed by atoms with van der Waals surface area (Å²) in [6.45, 7) is 6.00. The van der Waals surface area contributed by atoms with E-state index >= 15 is 0 Å². The molecule has 0 heterocycles. The predicted molar refractivity (Wildman–Crippen MR) is 57.1 cm³/mol. The minimum Gasteiger partial charge on any atom is -0.184 e.